The lowest BCUT2D eigenvalue weighted by atomic mass is 10.1. The number of hydrogen-bond donors (Lipinski definition) is 1. The molecule has 2 heteroatoms. The molecule has 1 nitrogen and oxygen atoms in total. The van der Waals surface area contributed by atoms with E-state index in [9.17, 15) is 0 Å². The molecule has 1 aromatic carbocycles. The zero-order valence-electron chi connectivity index (χ0n) is 6.13. The summed E-state index contributed by atoms with van der Waals surface area (Å²) in [5.41, 5.74) is 7.02. The second kappa shape index (κ2) is 2.50. The van der Waals surface area contributed by atoms with Crippen LogP contribution in [0.5, 0.6) is 0 Å². The summed E-state index contributed by atoms with van der Waals surface area (Å²) in [4.78, 5) is 0. The lowest BCUT2D eigenvalue weighted by Gasteiger charge is -1.96. The van der Waals surface area contributed by atoms with Crippen LogP contribution >= 0.6 is 11.6 Å². The first kappa shape index (κ1) is 7.14. The van der Waals surface area contributed by atoms with E-state index in [0.717, 1.165) is 11.4 Å². The van der Waals surface area contributed by atoms with Crippen molar-refractivity contribution in [3.05, 3.63) is 34.9 Å². The molecule has 1 aliphatic carbocycles. The van der Waals surface area contributed by atoms with E-state index in [-0.39, 0.29) is 0 Å². The van der Waals surface area contributed by atoms with E-state index in [1.54, 1.807) is 0 Å². The largest absolute Gasteiger partial charge is 0.327 e. The molecule has 1 aromatic rings. The van der Waals surface area contributed by atoms with Gasteiger partial charge in [-0.3, -0.25) is 0 Å². The monoisotopic (exact) mass is 167 g/mol. The van der Waals surface area contributed by atoms with E-state index in [1.807, 2.05) is 12.1 Å². The van der Waals surface area contributed by atoms with Crippen LogP contribution in [-0.4, -0.2) is 6.04 Å². The van der Waals surface area contributed by atoms with E-state index in [2.05, 4.69) is 12.1 Å². The fraction of sp³-hybridized carbons (Fsp3) is 0.333. The van der Waals surface area contributed by atoms with Crippen LogP contribution in [0.1, 0.15) is 17.9 Å². The third-order valence-electron chi connectivity index (χ3n) is 2.14. The summed E-state index contributed by atoms with van der Waals surface area (Å²) in [6, 6.07) is 8.33. The van der Waals surface area contributed by atoms with Gasteiger partial charge in [-0.2, -0.15) is 0 Å². The first-order valence-corrected chi connectivity index (χ1v) is 4.16. The van der Waals surface area contributed by atoms with Crippen molar-refractivity contribution in [3.8, 4) is 0 Å². The van der Waals surface area contributed by atoms with Gasteiger partial charge in [0.25, 0.3) is 0 Å². The highest BCUT2D eigenvalue weighted by Gasteiger charge is 2.34. The standard InChI is InChI=1S/C9H10ClN/c10-7-3-1-6(2-4-7)8-5-9(8)11/h1-4,8-9H,5,11H2/t8?,9-/m0/s1. The van der Waals surface area contributed by atoms with Crippen LogP contribution in [0.4, 0.5) is 0 Å². The maximum atomic E-state index is 5.74. The minimum atomic E-state index is 0.385. The van der Waals surface area contributed by atoms with Gasteiger partial charge in [-0.1, -0.05) is 23.7 Å². The Balaban J connectivity index is 2.21. The zero-order chi connectivity index (χ0) is 7.84. The molecule has 0 saturated heterocycles. The predicted molar refractivity (Wildman–Crippen MR) is 46.8 cm³/mol. The number of nitrogens with two attached hydrogens (primary N) is 1. The third-order valence-corrected chi connectivity index (χ3v) is 2.39. The van der Waals surface area contributed by atoms with Gasteiger partial charge in [0, 0.05) is 17.0 Å². The number of halogens is 1. The maximum absolute atomic E-state index is 5.74. The van der Waals surface area contributed by atoms with Crippen molar-refractivity contribution in [1.82, 2.24) is 0 Å². The molecule has 2 rings (SSSR count). The van der Waals surface area contributed by atoms with Crippen LogP contribution in [0.25, 0.3) is 0 Å². The molecule has 0 aliphatic heterocycles. The summed E-state index contributed by atoms with van der Waals surface area (Å²) in [5, 5.41) is 0.794. The van der Waals surface area contributed by atoms with Crippen LogP contribution < -0.4 is 5.73 Å². The second-order valence-corrected chi connectivity index (χ2v) is 3.49. The first-order chi connectivity index (χ1) is 5.27. The number of benzene rings is 1. The average molecular weight is 168 g/mol. The van der Waals surface area contributed by atoms with Gasteiger partial charge in [-0.25, -0.2) is 0 Å². The molecule has 11 heavy (non-hydrogen) atoms. The van der Waals surface area contributed by atoms with Crippen LogP contribution in [0.2, 0.25) is 5.02 Å². The molecule has 2 N–H and O–H groups in total. The van der Waals surface area contributed by atoms with E-state index < -0.39 is 0 Å². The minimum Gasteiger partial charge on any atom is -0.327 e. The molecule has 1 aliphatic rings. The van der Waals surface area contributed by atoms with Gasteiger partial charge in [0.05, 0.1) is 0 Å². The summed E-state index contributed by atoms with van der Waals surface area (Å²) in [6.07, 6.45) is 1.13. The summed E-state index contributed by atoms with van der Waals surface area (Å²) in [6.45, 7) is 0. The number of hydrogen-bond acceptors (Lipinski definition) is 1. The van der Waals surface area contributed by atoms with Gasteiger partial charge in [0.15, 0.2) is 0 Å². The first-order valence-electron chi connectivity index (χ1n) is 3.78. The predicted octanol–water partition coefficient (Wildman–Crippen LogP) is 2.15. The molecule has 1 saturated carbocycles. The molecule has 1 unspecified atom stereocenters. The zero-order valence-corrected chi connectivity index (χ0v) is 6.88. The van der Waals surface area contributed by atoms with Gasteiger partial charge in [-0.15, -0.1) is 0 Å². The molecule has 0 radical (unpaired) electrons. The Hall–Kier alpha value is -0.530. The second-order valence-electron chi connectivity index (χ2n) is 3.06. The van der Waals surface area contributed by atoms with Crippen LogP contribution in [0.15, 0.2) is 24.3 Å². The molecular formula is C9H10ClN. The summed E-state index contributed by atoms with van der Waals surface area (Å²) in [7, 11) is 0. The van der Waals surface area contributed by atoms with Gasteiger partial charge in [0.1, 0.15) is 0 Å². The molecule has 58 valence electrons. The number of rotatable bonds is 1. The Morgan fingerprint density at radius 2 is 1.82 bits per heavy atom. The molecule has 0 spiro atoms. The molecule has 0 bridgehead atoms. The van der Waals surface area contributed by atoms with Gasteiger partial charge >= 0.3 is 0 Å². The van der Waals surface area contributed by atoms with E-state index >= 15 is 0 Å². The van der Waals surface area contributed by atoms with Crippen molar-refractivity contribution in [2.24, 2.45) is 5.73 Å². The maximum Gasteiger partial charge on any atom is 0.0406 e. The quantitative estimate of drug-likeness (QED) is 0.682. The Kier molecular flexibility index (Phi) is 1.63. The van der Waals surface area contributed by atoms with Crippen LogP contribution in [0.3, 0.4) is 0 Å². The molecule has 0 aromatic heterocycles. The average Bonchev–Trinajstić information content (AvgIpc) is 2.69. The Bertz CT molecular complexity index is 255. The van der Waals surface area contributed by atoms with Gasteiger partial charge in [-0.05, 0) is 24.1 Å². The van der Waals surface area contributed by atoms with Crippen molar-refractivity contribution in [1.29, 1.82) is 0 Å². The molecule has 1 fully saturated rings. The lowest BCUT2D eigenvalue weighted by Crippen LogP contribution is -2.00. The molecule has 0 amide bonds. The lowest BCUT2D eigenvalue weighted by molar-refractivity contribution is 0.991. The fourth-order valence-corrected chi connectivity index (χ4v) is 1.43. The smallest absolute Gasteiger partial charge is 0.0406 e. The molecule has 0 heterocycles. The fourth-order valence-electron chi connectivity index (χ4n) is 1.31. The Labute approximate surface area is 71.2 Å². The Morgan fingerprint density at radius 1 is 1.27 bits per heavy atom. The third kappa shape index (κ3) is 1.39. The molecular weight excluding hydrogens is 158 g/mol. The van der Waals surface area contributed by atoms with Crippen molar-refractivity contribution in [3.63, 3.8) is 0 Å². The highest BCUT2D eigenvalue weighted by molar-refractivity contribution is 6.30. The van der Waals surface area contributed by atoms with Crippen LogP contribution in [0, 0.1) is 0 Å². The van der Waals surface area contributed by atoms with E-state index in [4.69, 9.17) is 17.3 Å². The normalized spacial score (nSPS) is 28.5. The summed E-state index contributed by atoms with van der Waals surface area (Å²) >= 11 is 5.74. The topological polar surface area (TPSA) is 26.0 Å². The van der Waals surface area contributed by atoms with Gasteiger partial charge < -0.3 is 5.73 Å². The van der Waals surface area contributed by atoms with Crippen LogP contribution in [-0.2, 0) is 0 Å². The van der Waals surface area contributed by atoms with Crippen molar-refractivity contribution < 1.29 is 0 Å². The van der Waals surface area contributed by atoms with Crippen molar-refractivity contribution in [2.45, 2.75) is 18.4 Å². The van der Waals surface area contributed by atoms with Crippen molar-refractivity contribution in [2.75, 3.05) is 0 Å². The summed E-state index contributed by atoms with van der Waals surface area (Å²) in [5.74, 6) is 0.590. The minimum absolute atomic E-state index is 0.385. The highest BCUT2D eigenvalue weighted by atomic mass is 35.5. The highest BCUT2D eigenvalue weighted by Crippen LogP contribution is 2.38. The van der Waals surface area contributed by atoms with Crippen molar-refractivity contribution >= 4 is 11.6 Å². The van der Waals surface area contributed by atoms with Gasteiger partial charge in [0.2, 0.25) is 0 Å². The Morgan fingerprint density at radius 3 is 2.27 bits per heavy atom. The van der Waals surface area contributed by atoms with E-state index in [0.29, 0.717) is 12.0 Å². The van der Waals surface area contributed by atoms with E-state index in [1.165, 1.54) is 5.56 Å². The summed E-state index contributed by atoms with van der Waals surface area (Å²) < 4.78 is 0. The molecule has 2 atom stereocenters. The SMILES string of the molecule is N[C@H]1CC1c1ccc(Cl)cc1.